The van der Waals surface area contributed by atoms with Crippen LogP contribution < -0.4 is 4.90 Å². The number of nitrogens with zero attached hydrogens (tertiary/aromatic N) is 3. The molecule has 5 nitrogen and oxygen atoms in total. The maximum absolute atomic E-state index is 12.4. The Kier molecular flexibility index (Phi) is 5.56. The van der Waals surface area contributed by atoms with Gasteiger partial charge in [-0.15, -0.1) is 0 Å². The van der Waals surface area contributed by atoms with E-state index in [0.29, 0.717) is 5.95 Å². The van der Waals surface area contributed by atoms with Gasteiger partial charge in [0.2, 0.25) is 5.95 Å². The highest BCUT2D eigenvalue weighted by Gasteiger charge is 2.31. The molecule has 0 amide bonds. The van der Waals surface area contributed by atoms with Crippen LogP contribution in [0.1, 0.15) is 24.8 Å². The van der Waals surface area contributed by atoms with Gasteiger partial charge in [-0.25, -0.2) is 14.8 Å². The van der Waals surface area contributed by atoms with E-state index in [9.17, 15) is 4.79 Å². The van der Waals surface area contributed by atoms with Crippen molar-refractivity contribution in [3.05, 3.63) is 60.4 Å². The highest BCUT2D eigenvalue weighted by molar-refractivity contribution is 5.79. The van der Waals surface area contributed by atoms with Gasteiger partial charge in [0, 0.05) is 18.9 Å². The summed E-state index contributed by atoms with van der Waals surface area (Å²) in [6.07, 6.45) is 10.0. The molecular weight excluding hydrogens is 302 g/mol. The third kappa shape index (κ3) is 4.19. The van der Waals surface area contributed by atoms with Crippen molar-refractivity contribution < 1.29 is 9.53 Å². The van der Waals surface area contributed by atoms with Crippen LogP contribution in [0.4, 0.5) is 5.95 Å². The highest BCUT2D eigenvalue weighted by atomic mass is 16.5. The SMILES string of the molecule is O=C(OC/C=C\c1ccccc1)[C@H]1CCCCN1c1ncccn1. The third-order valence-corrected chi connectivity index (χ3v) is 4.02. The number of esters is 1. The van der Waals surface area contributed by atoms with Gasteiger partial charge in [-0.2, -0.15) is 0 Å². The van der Waals surface area contributed by atoms with E-state index in [1.165, 1.54) is 0 Å². The summed E-state index contributed by atoms with van der Waals surface area (Å²) in [5.41, 5.74) is 1.09. The minimum absolute atomic E-state index is 0.208. The van der Waals surface area contributed by atoms with Crippen LogP contribution in [0.25, 0.3) is 6.08 Å². The minimum atomic E-state index is -0.300. The Labute approximate surface area is 142 Å². The fraction of sp³-hybridized carbons (Fsp3) is 0.316. The van der Waals surface area contributed by atoms with Gasteiger partial charge in [0.05, 0.1) is 0 Å². The average molecular weight is 323 g/mol. The van der Waals surface area contributed by atoms with E-state index in [1.54, 1.807) is 18.5 Å². The average Bonchev–Trinajstić information content (AvgIpc) is 2.66. The lowest BCUT2D eigenvalue weighted by molar-refractivity contribution is -0.144. The summed E-state index contributed by atoms with van der Waals surface area (Å²) in [5.74, 6) is 0.388. The molecule has 2 aromatic rings. The normalized spacial score (nSPS) is 17.8. The number of hydrogen-bond acceptors (Lipinski definition) is 5. The molecule has 5 heteroatoms. The molecular formula is C19H21N3O2. The zero-order valence-corrected chi connectivity index (χ0v) is 13.5. The summed E-state index contributed by atoms with van der Waals surface area (Å²) in [4.78, 5) is 22.9. The predicted octanol–water partition coefficient (Wildman–Crippen LogP) is 3.09. The summed E-state index contributed by atoms with van der Waals surface area (Å²) in [7, 11) is 0. The number of carbonyl (C=O) groups excluding carboxylic acids is 1. The van der Waals surface area contributed by atoms with E-state index in [4.69, 9.17) is 4.74 Å². The number of carbonyl (C=O) groups is 1. The second-order valence-corrected chi connectivity index (χ2v) is 5.70. The van der Waals surface area contributed by atoms with Gasteiger partial charge < -0.3 is 9.64 Å². The fourth-order valence-electron chi connectivity index (χ4n) is 2.83. The zero-order valence-electron chi connectivity index (χ0n) is 13.5. The summed E-state index contributed by atoms with van der Waals surface area (Å²) >= 11 is 0. The molecule has 0 spiro atoms. The lowest BCUT2D eigenvalue weighted by Crippen LogP contribution is -2.46. The summed E-state index contributed by atoms with van der Waals surface area (Å²) in [5, 5.41) is 0. The second kappa shape index (κ2) is 8.24. The molecule has 0 radical (unpaired) electrons. The third-order valence-electron chi connectivity index (χ3n) is 4.02. The van der Waals surface area contributed by atoms with Crippen LogP contribution >= 0.6 is 0 Å². The first-order chi connectivity index (χ1) is 11.8. The Morgan fingerprint density at radius 3 is 2.75 bits per heavy atom. The van der Waals surface area contributed by atoms with Gasteiger partial charge in [-0.1, -0.05) is 36.4 Å². The Bertz CT molecular complexity index is 674. The standard InChI is InChI=1S/C19H21N3O2/c23-18(24-15-6-10-16-8-2-1-3-9-16)17-11-4-5-14-22(17)19-20-12-7-13-21-19/h1-3,6-10,12-13,17H,4-5,11,14-15H2/b10-6-/t17-/m1/s1. The Morgan fingerprint density at radius 1 is 1.17 bits per heavy atom. The number of rotatable bonds is 5. The van der Waals surface area contributed by atoms with Crippen LogP contribution in [0, 0.1) is 0 Å². The molecule has 1 saturated heterocycles. The van der Waals surface area contributed by atoms with Crippen molar-refractivity contribution in [2.75, 3.05) is 18.1 Å². The van der Waals surface area contributed by atoms with Gasteiger partial charge in [0.1, 0.15) is 12.6 Å². The van der Waals surface area contributed by atoms with Crippen LogP contribution in [0.3, 0.4) is 0 Å². The maximum Gasteiger partial charge on any atom is 0.329 e. The van der Waals surface area contributed by atoms with E-state index in [0.717, 1.165) is 31.4 Å². The smallest absolute Gasteiger partial charge is 0.329 e. The lowest BCUT2D eigenvalue weighted by Gasteiger charge is -2.33. The lowest BCUT2D eigenvalue weighted by atomic mass is 10.0. The van der Waals surface area contributed by atoms with Gasteiger partial charge >= 0.3 is 5.97 Å². The van der Waals surface area contributed by atoms with Crippen molar-refractivity contribution in [1.82, 2.24) is 9.97 Å². The summed E-state index contributed by atoms with van der Waals surface area (Å²) in [6, 6.07) is 11.4. The molecule has 0 saturated carbocycles. The first kappa shape index (κ1) is 16.2. The van der Waals surface area contributed by atoms with E-state index in [2.05, 4.69) is 9.97 Å². The number of aromatic nitrogens is 2. The van der Waals surface area contributed by atoms with Crippen molar-refractivity contribution in [3.8, 4) is 0 Å². The first-order valence-corrected chi connectivity index (χ1v) is 8.26. The summed E-state index contributed by atoms with van der Waals surface area (Å²) in [6.45, 7) is 1.05. The topological polar surface area (TPSA) is 55.3 Å². The predicted molar refractivity (Wildman–Crippen MR) is 93.5 cm³/mol. The number of hydrogen-bond donors (Lipinski definition) is 0. The molecule has 0 N–H and O–H groups in total. The molecule has 1 aliphatic rings. The molecule has 0 bridgehead atoms. The Balaban J connectivity index is 1.57. The number of anilines is 1. The molecule has 2 heterocycles. The monoisotopic (exact) mass is 323 g/mol. The molecule has 24 heavy (non-hydrogen) atoms. The molecule has 1 aromatic heterocycles. The largest absolute Gasteiger partial charge is 0.460 e. The highest BCUT2D eigenvalue weighted by Crippen LogP contribution is 2.22. The minimum Gasteiger partial charge on any atom is -0.460 e. The molecule has 0 unspecified atom stereocenters. The van der Waals surface area contributed by atoms with Crippen molar-refractivity contribution >= 4 is 18.0 Å². The molecule has 124 valence electrons. The van der Waals surface area contributed by atoms with Crippen LogP contribution in [0.15, 0.2) is 54.9 Å². The quantitative estimate of drug-likeness (QED) is 0.792. The first-order valence-electron chi connectivity index (χ1n) is 8.26. The zero-order chi connectivity index (χ0) is 16.6. The Morgan fingerprint density at radius 2 is 1.96 bits per heavy atom. The molecule has 1 aromatic carbocycles. The fourth-order valence-corrected chi connectivity index (χ4v) is 2.83. The number of benzene rings is 1. The van der Waals surface area contributed by atoms with Crippen LogP contribution in [-0.4, -0.2) is 35.1 Å². The molecule has 0 aliphatic carbocycles. The van der Waals surface area contributed by atoms with Crippen LogP contribution in [0.5, 0.6) is 0 Å². The van der Waals surface area contributed by atoms with Gasteiger partial charge in [-0.05, 0) is 37.0 Å². The van der Waals surface area contributed by atoms with Gasteiger partial charge in [0.25, 0.3) is 0 Å². The molecule has 1 atom stereocenters. The summed E-state index contributed by atoms with van der Waals surface area (Å²) < 4.78 is 5.43. The van der Waals surface area contributed by atoms with Crippen LogP contribution in [0.2, 0.25) is 0 Å². The molecule has 3 rings (SSSR count). The van der Waals surface area contributed by atoms with E-state index < -0.39 is 0 Å². The van der Waals surface area contributed by atoms with Crippen molar-refractivity contribution in [1.29, 1.82) is 0 Å². The second-order valence-electron chi connectivity index (χ2n) is 5.70. The van der Waals surface area contributed by atoms with E-state index in [1.807, 2.05) is 47.4 Å². The van der Waals surface area contributed by atoms with E-state index in [-0.39, 0.29) is 18.6 Å². The van der Waals surface area contributed by atoms with E-state index >= 15 is 0 Å². The van der Waals surface area contributed by atoms with Crippen molar-refractivity contribution in [2.24, 2.45) is 0 Å². The van der Waals surface area contributed by atoms with Crippen molar-refractivity contribution in [2.45, 2.75) is 25.3 Å². The van der Waals surface area contributed by atoms with Gasteiger partial charge in [0.15, 0.2) is 0 Å². The number of ether oxygens (including phenoxy) is 1. The maximum atomic E-state index is 12.4. The van der Waals surface area contributed by atoms with Gasteiger partial charge in [-0.3, -0.25) is 0 Å². The molecule has 1 fully saturated rings. The number of piperidine rings is 1. The van der Waals surface area contributed by atoms with Crippen molar-refractivity contribution in [3.63, 3.8) is 0 Å². The van der Waals surface area contributed by atoms with Crippen LogP contribution in [-0.2, 0) is 9.53 Å². The Hall–Kier alpha value is -2.69. The molecule has 1 aliphatic heterocycles.